The number of hydrogen-bond donors (Lipinski definition) is 1. The van der Waals surface area contributed by atoms with Crippen molar-refractivity contribution in [3.8, 4) is 0 Å². The molecule has 2 heterocycles. The fraction of sp³-hybridized carbons (Fsp3) is 0.682. The van der Waals surface area contributed by atoms with Gasteiger partial charge in [-0.05, 0) is 83.1 Å². The van der Waals surface area contributed by atoms with Crippen molar-refractivity contribution in [2.75, 3.05) is 32.4 Å². The van der Waals surface area contributed by atoms with Crippen LogP contribution in [0.3, 0.4) is 0 Å². The zero-order valence-electron chi connectivity index (χ0n) is 17.1. The lowest BCUT2D eigenvalue weighted by Gasteiger charge is -2.43. The van der Waals surface area contributed by atoms with Gasteiger partial charge in [-0.2, -0.15) is 0 Å². The largest absolute Gasteiger partial charge is 0.352 e. The molecule has 0 aromatic heterocycles. The molecular formula is C22H35N3OS. The van der Waals surface area contributed by atoms with E-state index in [1.54, 1.807) is 11.8 Å². The van der Waals surface area contributed by atoms with E-state index in [-0.39, 0.29) is 11.8 Å². The molecule has 1 aromatic rings. The predicted molar refractivity (Wildman–Crippen MR) is 114 cm³/mol. The Balaban J connectivity index is 1.46. The Morgan fingerprint density at radius 1 is 1.15 bits per heavy atom. The van der Waals surface area contributed by atoms with Crippen LogP contribution >= 0.6 is 11.8 Å². The lowest BCUT2D eigenvalue weighted by molar-refractivity contribution is -0.127. The number of carbonyl (C=O) groups is 1. The lowest BCUT2D eigenvalue weighted by Crippen LogP contribution is -2.51. The van der Waals surface area contributed by atoms with Gasteiger partial charge in [0.15, 0.2) is 0 Å². The molecule has 4 nitrogen and oxygen atoms in total. The maximum Gasteiger partial charge on any atom is 0.224 e. The maximum atomic E-state index is 12.7. The average molecular weight is 390 g/mol. The van der Waals surface area contributed by atoms with E-state index in [9.17, 15) is 4.79 Å². The Labute approximate surface area is 169 Å². The number of rotatable bonds is 6. The summed E-state index contributed by atoms with van der Waals surface area (Å²) in [6.07, 6.45) is 6.74. The fourth-order valence-electron chi connectivity index (χ4n) is 4.40. The smallest absolute Gasteiger partial charge is 0.224 e. The van der Waals surface area contributed by atoms with Crippen LogP contribution in [0, 0.1) is 5.92 Å². The van der Waals surface area contributed by atoms with Crippen molar-refractivity contribution in [1.29, 1.82) is 0 Å². The van der Waals surface area contributed by atoms with Gasteiger partial charge in [0.2, 0.25) is 5.91 Å². The van der Waals surface area contributed by atoms with Gasteiger partial charge in [-0.3, -0.25) is 9.69 Å². The number of hydrogen-bond acceptors (Lipinski definition) is 4. The third-order valence-electron chi connectivity index (χ3n) is 6.20. The van der Waals surface area contributed by atoms with Gasteiger partial charge in [-0.15, -0.1) is 11.8 Å². The van der Waals surface area contributed by atoms with Gasteiger partial charge in [-0.1, -0.05) is 12.1 Å². The molecule has 0 spiro atoms. The summed E-state index contributed by atoms with van der Waals surface area (Å²) >= 11 is 1.74. The van der Waals surface area contributed by atoms with Gasteiger partial charge in [0.25, 0.3) is 0 Å². The van der Waals surface area contributed by atoms with Crippen LogP contribution in [0.5, 0.6) is 0 Å². The van der Waals surface area contributed by atoms with Gasteiger partial charge >= 0.3 is 0 Å². The zero-order valence-corrected chi connectivity index (χ0v) is 17.9. The molecule has 0 unspecified atom stereocenters. The number of amides is 1. The first-order valence-electron chi connectivity index (χ1n) is 10.5. The first-order chi connectivity index (χ1) is 13.1. The van der Waals surface area contributed by atoms with E-state index in [1.165, 1.54) is 36.4 Å². The van der Waals surface area contributed by atoms with E-state index >= 15 is 0 Å². The molecule has 150 valence electrons. The van der Waals surface area contributed by atoms with Crippen molar-refractivity contribution in [3.63, 3.8) is 0 Å². The molecule has 0 aliphatic carbocycles. The first kappa shape index (κ1) is 20.7. The van der Waals surface area contributed by atoms with Crippen molar-refractivity contribution in [1.82, 2.24) is 15.1 Å². The number of nitrogens with zero attached hydrogens (tertiary/aromatic N) is 2. The highest BCUT2D eigenvalue weighted by Gasteiger charge is 2.31. The van der Waals surface area contributed by atoms with Gasteiger partial charge in [-0.25, -0.2) is 0 Å². The highest BCUT2D eigenvalue weighted by molar-refractivity contribution is 7.98. The number of thioether (sulfide) groups is 1. The number of likely N-dealkylation sites (tertiary alicyclic amines) is 2. The molecule has 1 aromatic carbocycles. The van der Waals surface area contributed by atoms with Crippen LogP contribution in [-0.2, 0) is 11.3 Å². The minimum Gasteiger partial charge on any atom is -0.352 e. The maximum absolute atomic E-state index is 12.7. The van der Waals surface area contributed by atoms with E-state index in [0.29, 0.717) is 18.6 Å². The van der Waals surface area contributed by atoms with Crippen LogP contribution in [0.2, 0.25) is 0 Å². The Bertz CT molecular complexity index is 596. The summed E-state index contributed by atoms with van der Waals surface area (Å²) in [5, 5.41) is 3.17. The Morgan fingerprint density at radius 2 is 1.85 bits per heavy atom. The normalized spacial score (nSPS) is 22.9. The second-order valence-electron chi connectivity index (χ2n) is 8.26. The predicted octanol–water partition coefficient (Wildman–Crippen LogP) is 3.61. The van der Waals surface area contributed by atoms with Crippen molar-refractivity contribution >= 4 is 17.7 Å². The third kappa shape index (κ3) is 5.72. The van der Waals surface area contributed by atoms with E-state index < -0.39 is 0 Å². The van der Waals surface area contributed by atoms with Crippen LogP contribution in [0.15, 0.2) is 29.2 Å². The van der Waals surface area contributed by atoms with E-state index in [2.05, 4.69) is 59.5 Å². The molecule has 2 saturated heterocycles. The number of nitrogens with one attached hydrogen (secondary N) is 1. The molecule has 1 amide bonds. The van der Waals surface area contributed by atoms with Gasteiger partial charge in [0.05, 0.1) is 5.92 Å². The minimum atomic E-state index is 0.146. The molecule has 2 fully saturated rings. The van der Waals surface area contributed by atoms with Crippen LogP contribution in [0.1, 0.15) is 45.1 Å². The van der Waals surface area contributed by atoms with Crippen LogP contribution in [-0.4, -0.2) is 60.2 Å². The molecule has 2 aliphatic rings. The molecule has 1 N–H and O–H groups in total. The van der Waals surface area contributed by atoms with Crippen molar-refractivity contribution in [3.05, 3.63) is 29.8 Å². The highest BCUT2D eigenvalue weighted by atomic mass is 32.2. The Hall–Kier alpha value is -1.04. The summed E-state index contributed by atoms with van der Waals surface area (Å²) in [4.78, 5) is 19.1. The standard InChI is InChI=1S/C22H35N3OS/c1-17(2)24-13-10-20(11-14-24)25-12-4-5-19(16-25)22(26)23-15-18-6-8-21(27-3)9-7-18/h6-9,17,19-20H,4-5,10-16H2,1-3H3,(H,23,26)/t19-/m1/s1. The van der Waals surface area contributed by atoms with E-state index in [4.69, 9.17) is 0 Å². The number of benzene rings is 1. The number of piperidine rings is 2. The van der Waals surface area contributed by atoms with Gasteiger partial charge in [0.1, 0.15) is 0 Å². The summed E-state index contributed by atoms with van der Waals surface area (Å²) in [6.45, 7) is 9.70. The molecule has 2 aliphatic heterocycles. The molecule has 0 radical (unpaired) electrons. The minimum absolute atomic E-state index is 0.146. The molecular weight excluding hydrogens is 354 g/mol. The monoisotopic (exact) mass is 389 g/mol. The summed E-state index contributed by atoms with van der Waals surface area (Å²) in [7, 11) is 0. The zero-order chi connectivity index (χ0) is 19.2. The first-order valence-corrected chi connectivity index (χ1v) is 11.7. The summed E-state index contributed by atoms with van der Waals surface area (Å²) in [6, 6.07) is 9.78. The van der Waals surface area contributed by atoms with Crippen LogP contribution in [0.4, 0.5) is 0 Å². The average Bonchev–Trinajstić information content (AvgIpc) is 2.72. The summed E-state index contributed by atoms with van der Waals surface area (Å²) in [5.74, 6) is 0.376. The topological polar surface area (TPSA) is 35.6 Å². The van der Waals surface area contributed by atoms with Crippen molar-refractivity contribution in [2.24, 2.45) is 5.92 Å². The van der Waals surface area contributed by atoms with Crippen LogP contribution in [0.25, 0.3) is 0 Å². The molecule has 27 heavy (non-hydrogen) atoms. The quantitative estimate of drug-likeness (QED) is 0.754. The lowest BCUT2D eigenvalue weighted by atomic mass is 9.93. The molecule has 1 atom stereocenters. The van der Waals surface area contributed by atoms with E-state index in [1.807, 2.05) is 0 Å². The Kier molecular flexibility index (Phi) is 7.62. The van der Waals surface area contributed by atoms with Crippen molar-refractivity contribution < 1.29 is 4.79 Å². The molecule has 5 heteroatoms. The molecule has 0 saturated carbocycles. The van der Waals surface area contributed by atoms with E-state index in [0.717, 1.165) is 25.9 Å². The fourth-order valence-corrected chi connectivity index (χ4v) is 4.80. The summed E-state index contributed by atoms with van der Waals surface area (Å²) in [5.41, 5.74) is 1.18. The SMILES string of the molecule is CSc1ccc(CNC(=O)[C@@H]2CCCN(C3CCN(C(C)C)CC3)C2)cc1. The summed E-state index contributed by atoms with van der Waals surface area (Å²) < 4.78 is 0. The highest BCUT2D eigenvalue weighted by Crippen LogP contribution is 2.25. The molecule has 0 bridgehead atoms. The third-order valence-corrected chi connectivity index (χ3v) is 6.94. The van der Waals surface area contributed by atoms with Crippen LogP contribution < -0.4 is 5.32 Å². The van der Waals surface area contributed by atoms with Gasteiger partial charge in [0, 0.05) is 30.1 Å². The second-order valence-corrected chi connectivity index (χ2v) is 9.14. The second kappa shape index (κ2) is 9.94. The number of carbonyl (C=O) groups excluding carboxylic acids is 1. The Morgan fingerprint density at radius 3 is 2.48 bits per heavy atom. The molecule has 3 rings (SSSR count). The van der Waals surface area contributed by atoms with Crippen molar-refractivity contribution in [2.45, 2.75) is 63.1 Å². The van der Waals surface area contributed by atoms with Gasteiger partial charge < -0.3 is 10.2 Å².